The van der Waals surface area contributed by atoms with Crippen LogP contribution in [0.2, 0.25) is 0 Å². The number of benzene rings is 2. The quantitative estimate of drug-likeness (QED) is 0.682. The van der Waals surface area contributed by atoms with Gasteiger partial charge in [-0.2, -0.15) is 0 Å². The van der Waals surface area contributed by atoms with Gasteiger partial charge in [-0.05, 0) is 56.3 Å². The number of anilines is 1. The molecule has 5 nitrogen and oxygen atoms in total. The molecule has 146 valence electrons. The number of nitrogens with zero attached hydrogens (tertiary/aromatic N) is 4. The average molecular weight is 380 g/mol. The van der Waals surface area contributed by atoms with E-state index in [0.717, 1.165) is 55.9 Å². The summed E-state index contributed by atoms with van der Waals surface area (Å²) in [6, 6.07) is 14.5. The molecule has 0 atom stereocenters. The van der Waals surface area contributed by atoms with Crippen molar-refractivity contribution < 1.29 is 4.39 Å². The van der Waals surface area contributed by atoms with Crippen LogP contribution in [0.3, 0.4) is 0 Å². The van der Waals surface area contributed by atoms with Crippen LogP contribution in [0.4, 0.5) is 10.1 Å². The lowest BCUT2D eigenvalue weighted by molar-refractivity contribution is 0.250. The normalized spacial score (nSPS) is 15.3. The molecule has 1 saturated heterocycles. The lowest BCUT2D eigenvalue weighted by atomic mass is 10.2. The molecule has 0 unspecified atom stereocenters. The van der Waals surface area contributed by atoms with Crippen molar-refractivity contribution in [2.45, 2.75) is 19.9 Å². The number of hydrogen-bond donors (Lipinski definition) is 0. The summed E-state index contributed by atoms with van der Waals surface area (Å²) in [4.78, 5) is 21.7. The van der Waals surface area contributed by atoms with E-state index >= 15 is 0 Å². The van der Waals surface area contributed by atoms with Crippen LogP contribution < -0.4 is 10.5 Å². The lowest BCUT2D eigenvalue weighted by Gasteiger charge is -2.36. The van der Waals surface area contributed by atoms with E-state index < -0.39 is 0 Å². The summed E-state index contributed by atoms with van der Waals surface area (Å²) < 4.78 is 14.9. The van der Waals surface area contributed by atoms with Gasteiger partial charge in [0.2, 0.25) is 0 Å². The van der Waals surface area contributed by atoms with Gasteiger partial charge >= 0.3 is 0 Å². The van der Waals surface area contributed by atoms with Gasteiger partial charge in [0.25, 0.3) is 5.56 Å². The fourth-order valence-electron chi connectivity index (χ4n) is 3.88. The zero-order valence-electron chi connectivity index (χ0n) is 16.1. The van der Waals surface area contributed by atoms with Crippen molar-refractivity contribution >= 4 is 16.7 Å². The topological polar surface area (TPSA) is 41.4 Å². The van der Waals surface area contributed by atoms with E-state index in [9.17, 15) is 9.18 Å². The Bertz CT molecular complexity index is 1010. The van der Waals surface area contributed by atoms with Crippen LogP contribution >= 0.6 is 0 Å². The Morgan fingerprint density at radius 1 is 0.964 bits per heavy atom. The van der Waals surface area contributed by atoms with Gasteiger partial charge < -0.3 is 9.47 Å². The molecule has 1 aromatic heterocycles. The van der Waals surface area contributed by atoms with Gasteiger partial charge in [0.1, 0.15) is 11.5 Å². The molecule has 3 aromatic rings. The van der Waals surface area contributed by atoms with Crippen molar-refractivity contribution in [3.05, 3.63) is 70.4 Å². The monoisotopic (exact) mass is 380 g/mol. The van der Waals surface area contributed by atoms with E-state index in [2.05, 4.69) is 14.8 Å². The van der Waals surface area contributed by atoms with Crippen LogP contribution in [0.25, 0.3) is 11.0 Å². The summed E-state index contributed by atoms with van der Waals surface area (Å²) in [6.07, 6.45) is 0.921. The molecule has 4 rings (SSSR count). The summed E-state index contributed by atoms with van der Waals surface area (Å²) >= 11 is 0. The van der Waals surface area contributed by atoms with E-state index in [1.807, 2.05) is 41.0 Å². The third-order valence-corrected chi connectivity index (χ3v) is 5.44. The fraction of sp³-hybridized carbons (Fsp3) is 0.364. The first-order valence-corrected chi connectivity index (χ1v) is 9.81. The van der Waals surface area contributed by atoms with E-state index in [-0.39, 0.29) is 11.4 Å². The van der Waals surface area contributed by atoms with Crippen molar-refractivity contribution in [2.24, 2.45) is 0 Å². The highest BCUT2D eigenvalue weighted by Crippen LogP contribution is 2.17. The van der Waals surface area contributed by atoms with Crippen molar-refractivity contribution in [3.8, 4) is 0 Å². The van der Waals surface area contributed by atoms with Crippen LogP contribution in [0.5, 0.6) is 0 Å². The molecule has 6 heteroatoms. The maximum Gasteiger partial charge on any atom is 0.272 e. The van der Waals surface area contributed by atoms with Gasteiger partial charge in [0, 0.05) is 38.4 Å². The Morgan fingerprint density at radius 3 is 2.43 bits per heavy atom. The molecule has 2 aromatic carbocycles. The maximum absolute atomic E-state index is 13.1. The summed E-state index contributed by atoms with van der Waals surface area (Å²) in [5, 5.41) is 0. The van der Waals surface area contributed by atoms with E-state index in [4.69, 9.17) is 0 Å². The molecule has 1 aliphatic rings. The summed E-state index contributed by atoms with van der Waals surface area (Å²) in [7, 11) is 0. The zero-order chi connectivity index (χ0) is 19.5. The van der Waals surface area contributed by atoms with Crippen LogP contribution in [0.15, 0.2) is 53.3 Å². The first-order valence-electron chi connectivity index (χ1n) is 9.81. The number of hydrogen-bond acceptors (Lipinski definition) is 4. The smallest absolute Gasteiger partial charge is 0.272 e. The Kier molecular flexibility index (Phi) is 5.39. The third kappa shape index (κ3) is 3.92. The molecule has 0 amide bonds. The number of aromatic nitrogens is 2. The van der Waals surface area contributed by atoms with Gasteiger partial charge in [-0.3, -0.25) is 9.69 Å². The highest BCUT2D eigenvalue weighted by Gasteiger charge is 2.17. The van der Waals surface area contributed by atoms with Crippen LogP contribution in [-0.4, -0.2) is 47.2 Å². The van der Waals surface area contributed by atoms with E-state index in [0.29, 0.717) is 12.2 Å². The molecule has 0 bridgehead atoms. The lowest BCUT2D eigenvalue weighted by Crippen LogP contribution is -2.46. The second kappa shape index (κ2) is 8.10. The van der Waals surface area contributed by atoms with Crippen LogP contribution in [0, 0.1) is 12.7 Å². The average Bonchev–Trinajstić information content (AvgIpc) is 2.72. The number of para-hydroxylation sites is 2. The van der Waals surface area contributed by atoms with E-state index in [1.165, 1.54) is 12.1 Å². The molecule has 2 heterocycles. The molecule has 0 saturated carbocycles. The minimum Gasteiger partial charge on any atom is -0.369 e. The van der Waals surface area contributed by atoms with Gasteiger partial charge in [-0.1, -0.05) is 12.1 Å². The molecule has 28 heavy (non-hydrogen) atoms. The zero-order valence-corrected chi connectivity index (χ0v) is 16.1. The molecular formula is C22H25FN4O. The van der Waals surface area contributed by atoms with Gasteiger partial charge in [0.05, 0.1) is 11.0 Å². The number of piperazine rings is 1. The Hall–Kier alpha value is -2.73. The summed E-state index contributed by atoms with van der Waals surface area (Å²) in [5.41, 5.74) is 3.39. The molecule has 0 aliphatic carbocycles. The van der Waals surface area contributed by atoms with Crippen LogP contribution in [0.1, 0.15) is 12.1 Å². The van der Waals surface area contributed by atoms with Crippen LogP contribution in [-0.2, 0) is 6.54 Å². The molecule has 0 spiro atoms. The number of halogens is 1. The summed E-state index contributed by atoms with van der Waals surface area (Å²) in [6.45, 7) is 7.25. The second-order valence-corrected chi connectivity index (χ2v) is 7.30. The van der Waals surface area contributed by atoms with E-state index in [1.54, 1.807) is 6.92 Å². The molecule has 0 N–H and O–H groups in total. The standard InChI is InChI=1S/C22H25FN4O/c1-17-22(28)27(21-6-3-2-5-20(21)24-17)12-4-11-25-13-15-26(16-14-25)19-9-7-18(23)8-10-19/h2-3,5-10H,4,11-16H2,1H3. The highest BCUT2D eigenvalue weighted by molar-refractivity contribution is 5.74. The fourth-order valence-corrected chi connectivity index (χ4v) is 3.88. The first kappa shape index (κ1) is 18.6. The predicted octanol–water partition coefficient (Wildman–Crippen LogP) is 3.06. The second-order valence-electron chi connectivity index (χ2n) is 7.30. The molecule has 1 fully saturated rings. The Labute approximate surface area is 164 Å². The number of rotatable bonds is 5. The minimum absolute atomic E-state index is 0.000158. The largest absolute Gasteiger partial charge is 0.369 e. The molecule has 1 aliphatic heterocycles. The van der Waals surface area contributed by atoms with Crippen molar-refractivity contribution in [1.29, 1.82) is 0 Å². The number of fused-ring (bicyclic) bond motifs is 1. The summed E-state index contributed by atoms with van der Waals surface area (Å²) in [5.74, 6) is -0.198. The van der Waals surface area contributed by atoms with Gasteiger partial charge in [-0.15, -0.1) is 0 Å². The first-order chi connectivity index (χ1) is 13.6. The van der Waals surface area contributed by atoms with Gasteiger partial charge in [-0.25, -0.2) is 9.37 Å². The minimum atomic E-state index is -0.198. The highest BCUT2D eigenvalue weighted by atomic mass is 19.1. The van der Waals surface area contributed by atoms with Crippen molar-refractivity contribution in [2.75, 3.05) is 37.6 Å². The SMILES string of the molecule is Cc1nc2ccccc2n(CCCN2CCN(c3ccc(F)cc3)CC2)c1=O. The Morgan fingerprint density at radius 2 is 1.68 bits per heavy atom. The molecule has 0 radical (unpaired) electrons. The predicted molar refractivity (Wildman–Crippen MR) is 110 cm³/mol. The van der Waals surface area contributed by atoms with Crippen molar-refractivity contribution in [1.82, 2.24) is 14.5 Å². The van der Waals surface area contributed by atoms with Gasteiger partial charge in [0.15, 0.2) is 0 Å². The maximum atomic E-state index is 13.1. The molecular weight excluding hydrogens is 355 g/mol. The van der Waals surface area contributed by atoms with Crippen molar-refractivity contribution in [3.63, 3.8) is 0 Å². The third-order valence-electron chi connectivity index (χ3n) is 5.44. The number of aryl methyl sites for hydroxylation is 2. The Balaban J connectivity index is 1.34.